The van der Waals surface area contributed by atoms with E-state index >= 15 is 0 Å². The molecule has 0 aromatic carbocycles. The minimum atomic E-state index is 0.524. The van der Waals surface area contributed by atoms with Crippen molar-refractivity contribution in [1.29, 1.82) is 0 Å². The average Bonchev–Trinajstić information content (AvgIpc) is 2.79. The van der Waals surface area contributed by atoms with Crippen LogP contribution in [0.25, 0.3) is 0 Å². The fourth-order valence-electron chi connectivity index (χ4n) is 2.03. The smallest absolute Gasteiger partial charge is 0.0701 e. The van der Waals surface area contributed by atoms with E-state index in [9.17, 15) is 0 Å². The van der Waals surface area contributed by atoms with Gasteiger partial charge in [-0.15, -0.1) is 17.9 Å². The molecule has 1 aromatic rings. The van der Waals surface area contributed by atoms with E-state index in [1.54, 1.807) is 11.3 Å². The SMILES string of the molecule is C=CCCCCCC(NCCC)c1csc(Br)c1. The number of hydrogen-bond acceptors (Lipinski definition) is 2. The van der Waals surface area contributed by atoms with Gasteiger partial charge in [-0.05, 0) is 65.2 Å². The quantitative estimate of drug-likeness (QED) is 0.429. The maximum atomic E-state index is 3.77. The summed E-state index contributed by atoms with van der Waals surface area (Å²) in [6, 6.07) is 2.78. The summed E-state index contributed by atoms with van der Waals surface area (Å²) in [5.41, 5.74) is 1.43. The highest BCUT2D eigenvalue weighted by molar-refractivity contribution is 9.11. The Hall–Kier alpha value is -0.120. The second-order valence-corrected chi connectivity index (χ2v) is 6.91. The van der Waals surface area contributed by atoms with E-state index in [0.29, 0.717) is 6.04 Å². The van der Waals surface area contributed by atoms with Crippen LogP contribution in [0.15, 0.2) is 27.9 Å². The molecule has 0 saturated carbocycles. The van der Waals surface area contributed by atoms with Gasteiger partial charge in [0.25, 0.3) is 0 Å². The summed E-state index contributed by atoms with van der Waals surface area (Å²) in [7, 11) is 0. The second kappa shape index (κ2) is 9.76. The molecule has 0 aliphatic heterocycles. The van der Waals surface area contributed by atoms with Gasteiger partial charge in [-0.2, -0.15) is 0 Å². The van der Waals surface area contributed by atoms with Crippen molar-refractivity contribution in [3.05, 3.63) is 33.5 Å². The Morgan fingerprint density at radius 1 is 1.44 bits per heavy atom. The Bertz CT molecular complexity index is 335. The van der Waals surface area contributed by atoms with Crippen LogP contribution in [0.2, 0.25) is 0 Å². The zero-order valence-electron chi connectivity index (χ0n) is 11.3. The second-order valence-electron chi connectivity index (χ2n) is 4.62. The van der Waals surface area contributed by atoms with Gasteiger partial charge < -0.3 is 5.32 Å². The first-order valence-corrected chi connectivity index (χ1v) is 8.53. The number of rotatable bonds is 10. The van der Waals surface area contributed by atoms with Crippen LogP contribution in [-0.2, 0) is 0 Å². The largest absolute Gasteiger partial charge is 0.310 e. The lowest BCUT2D eigenvalue weighted by Crippen LogP contribution is -2.21. The maximum Gasteiger partial charge on any atom is 0.0701 e. The Kier molecular flexibility index (Phi) is 8.64. The molecule has 1 heterocycles. The van der Waals surface area contributed by atoms with Crippen molar-refractivity contribution in [1.82, 2.24) is 5.32 Å². The molecule has 1 rings (SSSR count). The molecule has 3 heteroatoms. The predicted molar refractivity (Wildman–Crippen MR) is 86.3 cm³/mol. The first kappa shape index (κ1) is 15.9. The molecular weight excluding hydrogens is 306 g/mol. The highest BCUT2D eigenvalue weighted by Gasteiger charge is 2.11. The number of allylic oxidation sites excluding steroid dienone is 1. The normalized spacial score (nSPS) is 12.6. The van der Waals surface area contributed by atoms with Crippen molar-refractivity contribution in [2.45, 2.75) is 51.5 Å². The molecule has 0 bridgehead atoms. The number of nitrogens with one attached hydrogen (secondary N) is 1. The van der Waals surface area contributed by atoms with E-state index in [4.69, 9.17) is 0 Å². The van der Waals surface area contributed by atoms with Gasteiger partial charge >= 0.3 is 0 Å². The number of halogens is 1. The lowest BCUT2D eigenvalue weighted by Gasteiger charge is -2.17. The van der Waals surface area contributed by atoms with Crippen molar-refractivity contribution in [3.63, 3.8) is 0 Å². The van der Waals surface area contributed by atoms with Crippen molar-refractivity contribution in [2.75, 3.05) is 6.54 Å². The Morgan fingerprint density at radius 3 is 2.89 bits per heavy atom. The average molecular weight is 330 g/mol. The summed E-state index contributed by atoms with van der Waals surface area (Å²) in [5, 5.41) is 5.92. The Morgan fingerprint density at radius 2 is 2.28 bits per heavy atom. The van der Waals surface area contributed by atoms with Gasteiger partial charge in [0.05, 0.1) is 3.79 Å². The van der Waals surface area contributed by atoms with Crippen LogP contribution in [0.1, 0.15) is 57.1 Å². The summed E-state index contributed by atoms with van der Waals surface area (Å²) < 4.78 is 1.23. The third-order valence-corrected chi connectivity index (χ3v) is 4.55. The molecule has 0 saturated heterocycles. The first-order valence-electron chi connectivity index (χ1n) is 6.86. The fourth-order valence-corrected chi connectivity index (χ4v) is 3.25. The molecule has 1 N–H and O–H groups in total. The van der Waals surface area contributed by atoms with Crippen LogP contribution < -0.4 is 5.32 Å². The molecule has 1 aromatic heterocycles. The molecule has 0 spiro atoms. The topological polar surface area (TPSA) is 12.0 Å². The van der Waals surface area contributed by atoms with E-state index in [1.165, 1.54) is 41.5 Å². The number of unbranched alkanes of at least 4 members (excludes halogenated alkanes) is 3. The van der Waals surface area contributed by atoms with Crippen LogP contribution >= 0.6 is 27.3 Å². The van der Waals surface area contributed by atoms with Gasteiger partial charge in [-0.25, -0.2) is 0 Å². The molecule has 0 aliphatic rings. The summed E-state index contributed by atoms with van der Waals surface area (Å²) in [6.45, 7) is 7.09. The predicted octanol–water partition coefficient (Wildman–Crippen LogP) is 5.69. The molecule has 0 amide bonds. The standard InChI is InChI=1S/C15H24BrNS/c1-3-5-6-7-8-9-14(17-10-4-2)13-11-15(16)18-12-13/h3,11-12,14,17H,1,4-10H2,2H3. The Labute approximate surface area is 124 Å². The van der Waals surface area contributed by atoms with Crippen molar-refractivity contribution in [3.8, 4) is 0 Å². The van der Waals surface area contributed by atoms with E-state index in [0.717, 1.165) is 13.0 Å². The summed E-state index contributed by atoms with van der Waals surface area (Å²) >= 11 is 5.33. The minimum Gasteiger partial charge on any atom is -0.310 e. The molecule has 1 nitrogen and oxygen atoms in total. The van der Waals surface area contributed by atoms with Crippen LogP contribution in [0.4, 0.5) is 0 Å². The highest BCUT2D eigenvalue weighted by Crippen LogP contribution is 2.28. The van der Waals surface area contributed by atoms with Crippen LogP contribution in [0.5, 0.6) is 0 Å². The maximum absolute atomic E-state index is 3.77. The van der Waals surface area contributed by atoms with E-state index in [-0.39, 0.29) is 0 Å². The van der Waals surface area contributed by atoms with Gasteiger partial charge in [-0.1, -0.05) is 25.8 Å². The molecular formula is C15H24BrNS. The Balaban J connectivity index is 2.38. The summed E-state index contributed by atoms with van der Waals surface area (Å²) in [6.07, 6.45) is 9.47. The van der Waals surface area contributed by atoms with Crippen molar-refractivity contribution < 1.29 is 0 Å². The zero-order valence-corrected chi connectivity index (χ0v) is 13.7. The summed E-state index contributed by atoms with van der Waals surface area (Å²) in [5.74, 6) is 0. The lowest BCUT2D eigenvalue weighted by atomic mass is 10.0. The summed E-state index contributed by atoms with van der Waals surface area (Å²) in [4.78, 5) is 0. The molecule has 0 radical (unpaired) electrons. The molecule has 0 aliphatic carbocycles. The van der Waals surface area contributed by atoms with E-state index in [2.05, 4.69) is 46.2 Å². The first-order chi connectivity index (χ1) is 8.77. The molecule has 1 unspecified atom stereocenters. The van der Waals surface area contributed by atoms with Crippen molar-refractivity contribution in [2.24, 2.45) is 0 Å². The zero-order chi connectivity index (χ0) is 13.2. The van der Waals surface area contributed by atoms with E-state index in [1.807, 2.05) is 6.08 Å². The molecule has 18 heavy (non-hydrogen) atoms. The molecule has 0 fully saturated rings. The van der Waals surface area contributed by atoms with Crippen LogP contribution in [-0.4, -0.2) is 6.54 Å². The monoisotopic (exact) mass is 329 g/mol. The lowest BCUT2D eigenvalue weighted by molar-refractivity contribution is 0.473. The van der Waals surface area contributed by atoms with Gasteiger partial charge in [0.15, 0.2) is 0 Å². The van der Waals surface area contributed by atoms with Gasteiger partial charge in [-0.3, -0.25) is 0 Å². The van der Waals surface area contributed by atoms with Gasteiger partial charge in [0.1, 0.15) is 0 Å². The fraction of sp³-hybridized carbons (Fsp3) is 0.600. The van der Waals surface area contributed by atoms with Gasteiger partial charge in [0, 0.05) is 6.04 Å². The molecule has 1 atom stereocenters. The minimum absolute atomic E-state index is 0.524. The number of thiophene rings is 1. The van der Waals surface area contributed by atoms with Crippen LogP contribution in [0, 0.1) is 0 Å². The molecule has 102 valence electrons. The third kappa shape index (κ3) is 6.17. The highest BCUT2D eigenvalue weighted by atomic mass is 79.9. The van der Waals surface area contributed by atoms with Gasteiger partial charge in [0.2, 0.25) is 0 Å². The van der Waals surface area contributed by atoms with Crippen LogP contribution in [0.3, 0.4) is 0 Å². The number of hydrogen-bond donors (Lipinski definition) is 1. The van der Waals surface area contributed by atoms with Crippen molar-refractivity contribution >= 4 is 27.3 Å². The third-order valence-electron chi connectivity index (χ3n) is 3.03. The van der Waals surface area contributed by atoms with E-state index < -0.39 is 0 Å².